The Morgan fingerprint density at radius 1 is 1.14 bits per heavy atom. The number of anilines is 1. The third-order valence-corrected chi connectivity index (χ3v) is 11.5. The standard InChI is InChI=1S/C30H42F5N5O2S/c1-5-43(15-10-24-19(2)16-23(17-20(24)3)39(4)27(36)42)40-13-11-28(12-14-40)26(41)37-25(38-28)22-8-6-21(7-9-22)18-29(31,32)30(33,34)35/h5,16-17,21-22H,6-15,18H2,1-4H3,(H2,36,42)(H,37,38,41). The van der Waals surface area contributed by atoms with Gasteiger partial charge in [0, 0.05) is 43.9 Å². The van der Waals surface area contributed by atoms with Crippen LogP contribution in [0.1, 0.15) is 68.6 Å². The molecule has 43 heavy (non-hydrogen) atoms. The second-order valence-electron chi connectivity index (χ2n) is 12.1. The number of carbonyl (C=O) groups is 2. The second kappa shape index (κ2) is 12.8. The van der Waals surface area contributed by atoms with Crippen molar-refractivity contribution < 1.29 is 31.5 Å². The molecule has 1 unspecified atom stereocenters. The van der Waals surface area contributed by atoms with Crippen molar-refractivity contribution in [3.05, 3.63) is 28.8 Å². The van der Waals surface area contributed by atoms with Crippen molar-refractivity contribution in [3.8, 4) is 0 Å². The Morgan fingerprint density at radius 2 is 1.72 bits per heavy atom. The van der Waals surface area contributed by atoms with Crippen LogP contribution >= 0.6 is 10.7 Å². The monoisotopic (exact) mass is 631 g/mol. The number of hydrogen-bond donors (Lipinski definition) is 2. The van der Waals surface area contributed by atoms with Gasteiger partial charge in [-0.05, 0) is 100 Å². The molecule has 2 heterocycles. The lowest BCUT2D eigenvalue weighted by Gasteiger charge is -2.37. The average molecular weight is 632 g/mol. The number of benzene rings is 1. The molecule has 3 N–H and O–H groups in total. The maximum absolute atomic E-state index is 13.5. The van der Waals surface area contributed by atoms with Gasteiger partial charge in [0.2, 0.25) is 0 Å². The summed E-state index contributed by atoms with van der Waals surface area (Å²) < 4.78 is 67.3. The highest BCUT2D eigenvalue weighted by atomic mass is 32.2. The van der Waals surface area contributed by atoms with E-state index >= 15 is 0 Å². The number of urea groups is 1. The number of hydrogen-bond acceptors (Lipinski definition) is 4. The van der Waals surface area contributed by atoms with E-state index in [1.807, 2.05) is 26.0 Å². The van der Waals surface area contributed by atoms with E-state index in [9.17, 15) is 31.5 Å². The van der Waals surface area contributed by atoms with E-state index in [2.05, 4.69) is 21.9 Å². The highest BCUT2D eigenvalue weighted by Gasteiger charge is 2.58. The zero-order chi connectivity index (χ0) is 31.7. The van der Waals surface area contributed by atoms with E-state index in [-0.39, 0.29) is 35.3 Å². The molecular formula is C30H42F5N5O2S. The van der Waals surface area contributed by atoms with Crippen LogP contribution in [0.4, 0.5) is 32.4 Å². The fourth-order valence-corrected chi connectivity index (χ4v) is 8.43. The van der Waals surface area contributed by atoms with Crippen LogP contribution < -0.4 is 16.0 Å². The third kappa shape index (κ3) is 7.24. The molecule has 1 atom stereocenters. The van der Waals surface area contributed by atoms with Crippen LogP contribution in [0.3, 0.4) is 0 Å². The first kappa shape index (κ1) is 33.4. The van der Waals surface area contributed by atoms with Gasteiger partial charge in [0.1, 0.15) is 11.4 Å². The maximum atomic E-state index is 13.5. The average Bonchev–Trinajstić information content (AvgIpc) is 3.25. The van der Waals surface area contributed by atoms with Crippen molar-refractivity contribution in [1.29, 1.82) is 0 Å². The summed E-state index contributed by atoms with van der Waals surface area (Å²) in [5.74, 6) is -4.16. The minimum Gasteiger partial charge on any atom is -0.351 e. The molecule has 240 valence electrons. The van der Waals surface area contributed by atoms with Crippen molar-refractivity contribution in [2.24, 2.45) is 22.6 Å². The van der Waals surface area contributed by atoms with E-state index < -0.39 is 36.0 Å². The quantitative estimate of drug-likeness (QED) is 0.268. The number of carbonyl (C=O) groups excluding carboxylic acids is 2. The van der Waals surface area contributed by atoms with Crippen LogP contribution in [0.2, 0.25) is 0 Å². The molecule has 3 aliphatic rings. The van der Waals surface area contributed by atoms with Crippen LogP contribution in [0.15, 0.2) is 17.1 Å². The Hall–Kier alpha value is -2.54. The summed E-state index contributed by atoms with van der Waals surface area (Å²) in [7, 11) is 1.54. The molecule has 0 bridgehead atoms. The molecule has 1 aromatic carbocycles. The lowest BCUT2D eigenvalue weighted by Crippen LogP contribution is -2.48. The number of amides is 3. The molecule has 4 rings (SSSR count). The highest BCUT2D eigenvalue weighted by Crippen LogP contribution is 2.44. The smallest absolute Gasteiger partial charge is 0.351 e. The molecule has 13 heteroatoms. The number of aryl methyl sites for hydroxylation is 2. The Balaban J connectivity index is 1.33. The number of primary amides is 1. The van der Waals surface area contributed by atoms with Crippen molar-refractivity contribution >= 4 is 39.5 Å². The number of amidine groups is 1. The Bertz CT molecular complexity index is 1260. The first-order valence-corrected chi connectivity index (χ1v) is 16.2. The number of alkyl halides is 5. The second-order valence-corrected chi connectivity index (χ2v) is 14.3. The van der Waals surface area contributed by atoms with Gasteiger partial charge < -0.3 is 11.1 Å². The predicted octanol–water partition coefficient (Wildman–Crippen LogP) is 6.12. The predicted molar refractivity (Wildman–Crippen MR) is 162 cm³/mol. The zero-order valence-corrected chi connectivity index (χ0v) is 26.0. The Morgan fingerprint density at radius 3 is 2.23 bits per heavy atom. The number of piperidine rings is 1. The summed E-state index contributed by atoms with van der Waals surface area (Å²) in [6, 6.07) is 3.44. The summed E-state index contributed by atoms with van der Waals surface area (Å²) in [5.41, 5.74) is 8.80. The molecule has 2 aliphatic heterocycles. The molecule has 1 saturated heterocycles. The molecule has 0 aromatic heterocycles. The van der Waals surface area contributed by atoms with Gasteiger partial charge in [-0.2, -0.15) is 22.0 Å². The summed E-state index contributed by atoms with van der Waals surface area (Å²) in [6.07, 6.45) is -3.33. The van der Waals surface area contributed by atoms with E-state index in [0.29, 0.717) is 44.6 Å². The summed E-state index contributed by atoms with van der Waals surface area (Å²) in [5, 5.41) is 5.14. The molecule has 1 saturated carbocycles. The van der Waals surface area contributed by atoms with Crippen molar-refractivity contribution in [3.63, 3.8) is 0 Å². The van der Waals surface area contributed by atoms with Crippen LogP contribution in [0, 0.1) is 25.7 Å². The van der Waals surface area contributed by atoms with E-state index in [1.54, 1.807) is 7.05 Å². The van der Waals surface area contributed by atoms with Gasteiger partial charge in [-0.15, -0.1) is 10.7 Å². The molecule has 7 nitrogen and oxygen atoms in total. The fourth-order valence-electron chi connectivity index (χ4n) is 6.57. The third-order valence-electron chi connectivity index (χ3n) is 9.31. The van der Waals surface area contributed by atoms with Crippen LogP contribution in [-0.4, -0.2) is 71.0 Å². The molecule has 2 fully saturated rings. The zero-order valence-electron chi connectivity index (χ0n) is 25.2. The number of nitrogens with one attached hydrogen (secondary N) is 1. The highest BCUT2D eigenvalue weighted by molar-refractivity contribution is 8.12. The van der Waals surface area contributed by atoms with Gasteiger partial charge in [-0.25, -0.2) is 4.79 Å². The summed E-state index contributed by atoms with van der Waals surface area (Å²) in [4.78, 5) is 31.0. The number of aliphatic imine (C=N–C) groups is 1. The van der Waals surface area contributed by atoms with Crippen molar-refractivity contribution in [2.45, 2.75) is 89.8 Å². The van der Waals surface area contributed by atoms with Crippen molar-refractivity contribution in [2.75, 3.05) is 30.8 Å². The van der Waals surface area contributed by atoms with Crippen molar-refractivity contribution in [1.82, 2.24) is 9.62 Å². The molecular weight excluding hydrogens is 589 g/mol. The Labute approximate surface area is 252 Å². The lowest BCUT2D eigenvalue weighted by molar-refractivity contribution is -0.288. The largest absolute Gasteiger partial charge is 0.453 e. The maximum Gasteiger partial charge on any atom is 0.453 e. The summed E-state index contributed by atoms with van der Waals surface area (Å²) >= 11 is 0. The Kier molecular flexibility index (Phi) is 9.95. The molecule has 1 spiro atoms. The van der Waals surface area contributed by atoms with Crippen LogP contribution in [0.5, 0.6) is 0 Å². The van der Waals surface area contributed by atoms with Gasteiger partial charge in [0.05, 0.1) is 0 Å². The number of rotatable bonds is 8. The van der Waals surface area contributed by atoms with E-state index in [4.69, 9.17) is 10.7 Å². The van der Waals surface area contributed by atoms with Gasteiger partial charge in [-0.3, -0.25) is 19.0 Å². The van der Waals surface area contributed by atoms with Crippen LogP contribution in [-0.2, 0) is 11.2 Å². The number of nitrogens with zero attached hydrogens (tertiary/aromatic N) is 3. The first-order valence-electron chi connectivity index (χ1n) is 14.8. The molecule has 1 aliphatic carbocycles. The molecule has 0 radical (unpaired) electrons. The lowest BCUT2D eigenvalue weighted by atomic mass is 9.79. The van der Waals surface area contributed by atoms with Gasteiger partial charge in [-0.1, -0.05) is 5.37 Å². The molecule has 3 amide bonds. The topological polar surface area (TPSA) is 91.0 Å². The normalized spacial score (nSPS) is 23.7. The fraction of sp³-hybridized carbons (Fsp3) is 0.667. The van der Waals surface area contributed by atoms with Gasteiger partial charge in [0.15, 0.2) is 0 Å². The minimum atomic E-state index is -5.53. The van der Waals surface area contributed by atoms with E-state index in [1.165, 1.54) is 10.5 Å². The minimum absolute atomic E-state index is 0.114. The first-order chi connectivity index (χ1) is 20.1. The molecule has 1 aromatic rings. The summed E-state index contributed by atoms with van der Waals surface area (Å²) in [6.45, 7) is 7.54. The SMILES string of the molecule is C/C=S(/CCc1c(C)cc(N(C)C(N)=O)cc1C)N1CCC2(CC1)N=C(C1CCC(CC(F)(F)C(F)(F)F)CC1)NC2=O. The van der Waals surface area contributed by atoms with Crippen LogP contribution in [0.25, 0.3) is 0 Å². The van der Waals surface area contributed by atoms with E-state index in [0.717, 1.165) is 29.0 Å². The van der Waals surface area contributed by atoms with Gasteiger partial charge in [0.25, 0.3) is 5.91 Å². The number of halogens is 5. The number of nitrogens with two attached hydrogens (primary N) is 1. The van der Waals surface area contributed by atoms with Gasteiger partial charge >= 0.3 is 18.1 Å².